The average molecular weight is 722 g/mol. The Kier molecular flexibility index (Phi) is 36.6. The molecule has 288 valence electrons. The van der Waals surface area contributed by atoms with Gasteiger partial charge in [-0.1, -0.05) is 145 Å². The smallest absolute Gasteiger partial charge is 0.457 e. The van der Waals surface area contributed by atoms with Crippen molar-refractivity contribution in [3.05, 3.63) is 72.9 Å². The van der Waals surface area contributed by atoms with E-state index in [1.165, 1.54) is 38.5 Å². The van der Waals surface area contributed by atoms with E-state index >= 15 is 0 Å². The Morgan fingerprint density at radius 3 is 1.68 bits per heavy atom. The second-order valence-corrected chi connectivity index (χ2v) is 13.9. The lowest BCUT2D eigenvalue weighted by molar-refractivity contribution is -0.154. The fourth-order valence-electron chi connectivity index (χ4n) is 4.82. The lowest BCUT2D eigenvalue weighted by atomic mass is 10.1. The molecule has 0 radical (unpaired) electrons. The minimum Gasteiger partial charge on any atom is -0.457 e. The molecule has 50 heavy (non-hydrogen) atoms. The highest BCUT2D eigenvalue weighted by Gasteiger charge is 2.25. The summed E-state index contributed by atoms with van der Waals surface area (Å²) >= 11 is 0. The minimum absolute atomic E-state index is 0.0936. The zero-order valence-electron chi connectivity index (χ0n) is 31.6. The summed E-state index contributed by atoms with van der Waals surface area (Å²) in [4.78, 5) is 22.2. The number of ether oxygens (including phenoxy) is 2. The first kappa shape index (κ1) is 47.9. The maximum atomic E-state index is 12.4. The van der Waals surface area contributed by atoms with Crippen LogP contribution in [0.3, 0.4) is 0 Å². The van der Waals surface area contributed by atoms with E-state index in [1.54, 1.807) is 0 Å². The zero-order valence-corrected chi connectivity index (χ0v) is 32.5. The summed E-state index contributed by atoms with van der Waals surface area (Å²) < 4.78 is 33.2. The Bertz CT molecular complexity index is 989. The van der Waals surface area contributed by atoms with Gasteiger partial charge >= 0.3 is 13.8 Å². The highest BCUT2D eigenvalue weighted by atomic mass is 31.2. The molecule has 0 aromatic rings. The summed E-state index contributed by atoms with van der Waals surface area (Å²) in [6.07, 6.45) is 46.5. The van der Waals surface area contributed by atoms with Gasteiger partial charge in [-0.25, -0.2) is 4.57 Å². The van der Waals surface area contributed by atoms with Crippen LogP contribution in [-0.2, 0) is 27.9 Å². The molecule has 0 heterocycles. The van der Waals surface area contributed by atoms with E-state index in [1.807, 2.05) is 0 Å². The van der Waals surface area contributed by atoms with Crippen LogP contribution in [0.15, 0.2) is 72.9 Å². The van der Waals surface area contributed by atoms with Gasteiger partial charge in [-0.3, -0.25) is 13.8 Å². The van der Waals surface area contributed by atoms with E-state index in [-0.39, 0.29) is 32.3 Å². The van der Waals surface area contributed by atoms with Gasteiger partial charge < -0.3 is 20.1 Å². The molecule has 0 rings (SSSR count). The van der Waals surface area contributed by atoms with Crippen LogP contribution in [-0.4, -0.2) is 49.9 Å². The van der Waals surface area contributed by atoms with Gasteiger partial charge in [0.15, 0.2) is 0 Å². The number of rotatable bonds is 36. The third-order valence-electron chi connectivity index (χ3n) is 7.64. The SMILES string of the molecule is CC/C=C\C/C=C\C/C=C\C/C=C\C/C=C\C/C=C\CCCCCCCOCC(COP(=O)(O)OCCN)OC(=O)CCCCCCCCC. The average Bonchev–Trinajstić information content (AvgIpc) is 3.10. The van der Waals surface area contributed by atoms with Gasteiger partial charge in [0.05, 0.1) is 19.8 Å². The van der Waals surface area contributed by atoms with Gasteiger partial charge in [-0.05, 0) is 64.2 Å². The molecule has 3 N–H and O–H groups in total. The van der Waals surface area contributed by atoms with Gasteiger partial charge in [0.1, 0.15) is 6.10 Å². The maximum absolute atomic E-state index is 12.4. The Morgan fingerprint density at radius 1 is 0.620 bits per heavy atom. The van der Waals surface area contributed by atoms with Crippen LogP contribution in [0, 0.1) is 0 Å². The molecular formula is C41H72NO7P. The summed E-state index contributed by atoms with van der Waals surface area (Å²) in [5.74, 6) is -0.349. The fraction of sp³-hybridized carbons (Fsp3) is 0.683. The molecule has 0 aliphatic carbocycles. The number of phosphoric acid groups is 1. The van der Waals surface area contributed by atoms with Crippen LogP contribution in [0.4, 0.5) is 0 Å². The Labute approximate surface area is 305 Å². The highest BCUT2D eigenvalue weighted by Crippen LogP contribution is 2.43. The topological polar surface area (TPSA) is 117 Å². The van der Waals surface area contributed by atoms with E-state index in [4.69, 9.17) is 24.3 Å². The molecule has 0 aliphatic rings. The first-order valence-electron chi connectivity index (χ1n) is 19.4. The molecule has 0 amide bonds. The molecule has 2 atom stereocenters. The first-order chi connectivity index (χ1) is 24.4. The van der Waals surface area contributed by atoms with E-state index in [9.17, 15) is 14.3 Å². The van der Waals surface area contributed by atoms with Gasteiger partial charge in [0, 0.05) is 19.6 Å². The van der Waals surface area contributed by atoms with Gasteiger partial charge in [0.2, 0.25) is 0 Å². The summed E-state index contributed by atoms with van der Waals surface area (Å²) in [6, 6.07) is 0. The van der Waals surface area contributed by atoms with Crippen molar-refractivity contribution >= 4 is 13.8 Å². The number of hydrogen-bond donors (Lipinski definition) is 2. The number of allylic oxidation sites excluding steroid dienone is 12. The number of nitrogens with two attached hydrogens (primary N) is 1. The number of carbonyl (C=O) groups is 1. The summed E-state index contributed by atoms with van der Waals surface area (Å²) in [5.41, 5.74) is 5.34. The Balaban J connectivity index is 4.01. The molecule has 9 heteroatoms. The van der Waals surface area contributed by atoms with E-state index in [0.29, 0.717) is 13.0 Å². The van der Waals surface area contributed by atoms with Crippen molar-refractivity contribution in [2.24, 2.45) is 5.73 Å². The first-order valence-corrected chi connectivity index (χ1v) is 20.9. The molecule has 0 aromatic carbocycles. The second kappa shape index (κ2) is 38.2. The maximum Gasteiger partial charge on any atom is 0.472 e. The number of esters is 1. The molecule has 8 nitrogen and oxygen atoms in total. The summed E-state index contributed by atoms with van der Waals surface area (Å²) in [7, 11) is -4.27. The van der Waals surface area contributed by atoms with Crippen molar-refractivity contribution in [3.63, 3.8) is 0 Å². The standard InChI is InChI=1S/C41H72NO7P/c1-3-5-7-9-11-12-13-14-15-16-17-18-19-20-21-22-23-24-25-26-27-29-31-33-36-46-38-40(39-48-50(44,45)47-37-35-42)49-41(43)34-32-30-28-10-8-6-4-2/h5,7,11-12,14-15,17-18,20-21,23-24,40H,3-4,6,8-10,13,16,19,22,25-39,42H2,1-2H3,(H,44,45)/b7-5-,12-11-,15-14-,18-17-,21-20-,24-23-. The molecule has 0 fully saturated rings. The van der Waals surface area contributed by atoms with Crippen LogP contribution in [0.25, 0.3) is 0 Å². The summed E-state index contributed by atoms with van der Waals surface area (Å²) in [6.45, 7) is 4.68. The molecule has 0 bridgehead atoms. The van der Waals surface area contributed by atoms with Crippen molar-refractivity contribution in [1.82, 2.24) is 0 Å². The molecule has 0 aliphatic heterocycles. The third kappa shape index (κ3) is 37.2. The van der Waals surface area contributed by atoms with Crippen molar-refractivity contribution in [3.8, 4) is 0 Å². The predicted molar refractivity (Wildman–Crippen MR) is 210 cm³/mol. The van der Waals surface area contributed by atoms with Crippen LogP contribution < -0.4 is 5.73 Å². The lowest BCUT2D eigenvalue weighted by Crippen LogP contribution is -2.28. The molecule has 2 unspecified atom stereocenters. The Morgan fingerprint density at radius 2 is 1.12 bits per heavy atom. The van der Waals surface area contributed by atoms with Gasteiger partial charge in [-0.2, -0.15) is 0 Å². The normalized spacial score (nSPS) is 14.4. The second-order valence-electron chi connectivity index (χ2n) is 12.4. The molecular weight excluding hydrogens is 649 g/mol. The van der Waals surface area contributed by atoms with Gasteiger partial charge in [-0.15, -0.1) is 0 Å². The number of unbranched alkanes of at least 4 members (excludes halogenated alkanes) is 11. The Hall–Kier alpha value is -2.06. The van der Waals surface area contributed by atoms with Crippen molar-refractivity contribution in [2.75, 3.05) is 33.0 Å². The van der Waals surface area contributed by atoms with Crippen molar-refractivity contribution < 1.29 is 32.8 Å². The van der Waals surface area contributed by atoms with Gasteiger partial charge in [0.25, 0.3) is 0 Å². The number of hydrogen-bond acceptors (Lipinski definition) is 7. The third-order valence-corrected chi connectivity index (χ3v) is 8.62. The largest absolute Gasteiger partial charge is 0.472 e. The van der Waals surface area contributed by atoms with E-state index in [2.05, 4.69) is 86.8 Å². The zero-order chi connectivity index (χ0) is 36.6. The molecule has 0 spiro atoms. The van der Waals surface area contributed by atoms with Crippen LogP contribution >= 0.6 is 7.82 Å². The highest BCUT2D eigenvalue weighted by molar-refractivity contribution is 7.47. The molecule has 0 saturated heterocycles. The predicted octanol–water partition coefficient (Wildman–Crippen LogP) is 11.2. The quantitative estimate of drug-likeness (QED) is 0.0284. The van der Waals surface area contributed by atoms with E-state index < -0.39 is 13.9 Å². The van der Waals surface area contributed by atoms with Crippen molar-refractivity contribution in [1.29, 1.82) is 0 Å². The molecule has 0 saturated carbocycles. The van der Waals surface area contributed by atoms with Crippen molar-refractivity contribution in [2.45, 2.75) is 148 Å². The van der Waals surface area contributed by atoms with Crippen LogP contribution in [0.5, 0.6) is 0 Å². The van der Waals surface area contributed by atoms with Crippen LogP contribution in [0.2, 0.25) is 0 Å². The summed E-state index contributed by atoms with van der Waals surface area (Å²) in [5, 5.41) is 0. The molecule has 0 aromatic heterocycles. The number of phosphoric ester groups is 1. The fourth-order valence-corrected chi connectivity index (χ4v) is 5.59. The monoisotopic (exact) mass is 722 g/mol. The number of carbonyl (C=O) groups excluding carboxylic acids is 1. The lowest BCUT2D eigenvalue weighted by Gasteiger charge is -2.20. The minimum atomic E-state index is -4.27. The van der Waals surface area contributed by atoms with E-state index in [0.717, 1.165) is 83.5 Å². The van der Waals surface area contributed by atoms with Crippen LogP contribution in [0.1, 0.15) is 142 Å².